The molecular weight excluding hydrogens is 245 g/mol. The minimum atomic E-state index is -4.47. The van der Waals surface area contributed by atoms with Crippen molar-refractivity contribution in [3.05, 3.63) is 28.8 Å². The molecule has 1 N–H and O–H groups in total. The Hall–Kier alpha value is -0.940. The van der Waals surface area contributed by atoms with Crippen molar-refractivity contribution in [3.63, 3.8) is 0 Å². The van der Waals surface area contributed by atoms with E-state index in [2.05, 4.69) is 0 Å². The Morgan fingerprint density at radius 2 is 2.06 bits per heavy atom. The van der Waals surface area contributed by atoms with Gasteiger partial charge < -0.3 is 9.84 Å². The Labute approximate surface area is 94.6 Å². The lowest BCUT2D eigenvalue weighted by atomic mass is 9.99. The van der Waals surface area contributed by atoms with Gasteiger partial charge in [0.05, 0.1) is 6.10 Å². The molecule has 1 aliphatic heterocycles. The zero-order chi connectivity index (χ0) is 11.9. The molecule has 0 saturated carbocycles. The predicted molar refractivity (Wildman–Crippen MR) is 51.5 cm³/mol. The van der Waals surface area contributed by atoms with Crippen LogP contribution in [0.4, 0.5) is 13.2 Å². The van der Waals surface area contributed by atoms with Gasteiger partial charge in [-0.3, -0.25) is 0 Å². The molecule has 0 fully saturated rings. The molecule has 0 aromatic heterocycles. The molecule has 2 nitrogen and oxygen atoms in total. The summed E-state index contributed by atoms with van der Waals surface area (Å²) in [6.45, 7) is 0. The first kappa shape index (κ1) is 11.5. The highest BCUT2D eigenvalue weighted by Crippen LogP contribution is 2.40. The van der Waals surface area contributed by atoms with Crippen LogP contribution in [0.2, 0.25) is 5.02 Å². The fraction of sp³-hybridized carbons (Fsp3) is 0.400. The normalized spacial score (nSPS) is 24.8. The molecule has 16 heavy (non-hydrogen) atoms. The average Bonchev–Trinajstić information content (AvgIpc) is 2.17. The van der Waals surface area contributed by atoms with Crippen molar-refractivity contribution in [2.45, 2.75) is 24.8 Å². The van der Waals surface area contributed by atoms with Gasteiger partial charge in [-0.15, -0.1) is 0 Å². The van der Waals surface area contributed by atoms with E-state index in [0.29, 0.717) is 10.6 Å². The van der Waals surface area contributed by atoms with E-state index < -0.39 is 24.8 Å². The first-order valence-electron chi connectivity index (χ1n) is 4.59. The predicted octanol–water partition coefficient (Wildman–Crippen LogP) is 3.09. The third kappa shape index (κ3) is 2.10. The van der Waals surface area contributed by atoms with E-state index in [-0.39, 0.29) is 5.75 Å². The number of halogens is 4. The quantitative estimate of drug-likeness (QED) is 0.769. The van der Waals surface area contributed by atoms with Gasteiger partial charge in [0.25, 0.3) is 0 Å². The van der Waals surface area contributed by atoms with Crippen molar-refractivity contribution in [1.29, 1.82) is 0 Å². The lowest BCUT2D eigenvalue weighted by Gasteiger charge is -2.30. The maximum Gasteiger partial charge on any atom is 0.425 e. The number of alkyl halides is 3. The number of hydrogen-bond acceptors (Lipinski definition) is 2. The third-order valence-electron chi connectivity index (χ3n) is 2.40. The van der Waals surface area contributed by atoms with Crippen molar-refractivity contribution in [1.82, 2.24) is 0 Å². The molecule has 1 aromatic carbocycles. The molecule has 0 unspecified atom stereocenters. The van der Waals surface area contributed by atoms with Crippen LogP contribution in [-0.4, -0.2) is 17.4 Å². The highest BCUT2D eigenvalue weighted by Gasteiger charge is 2.45. The summed E-state index contributed by atoms with van der Waals surface area (Å²) >= 11 is 5.68. The van der Waals surface area contributed by atoms with E-state index in [4.69, 9.17) is 16.3 Å². The van der Waals surface area contributed by atoms with Gasteiger partial charge in [0.1, 0.15) is 5.75 Å². The highest BCUT2D eigenvalue weighted by molar-refractivity contribution is 6.30. The summed E-state index contributed by atoms with van der Waals surface area (Å²) in [6, 6.07) is 4.17. The second kappa shape index (κ2) is 3.82. The van der Waals surface area contributed by atoms with E-state index in [1.165, 1.54) is 18.2 Å². The summed E-state index contributed by atoms with van der Waals surface area (Å²) in [5.74, 6) is 0.0328. The molecule has 2 atom stereocenters. The number of aliphatic hydroxyl groups excluding tert-OH is 1. The number of aliphatic hydroxyl groups is 1. The van der Waals surface area contributed by atoms with Gasteiger partial charge in [-0.2, -0.15) is 13.2 Å². The second-order valence-electron chi connectivity index (χ2n) is 3.58. The van der Waals surface area contributed by atoms with Crippen LogP contribution in [0.15, 0.2) is 18.2 Å². The van der Waals surface area contributed by atoms with Crippen LogP contribution in [0.25, 0.3) is 0 Å². The van der Waals surface area contributed by atoms with Crippen molar-refractivity contribution < 1.29 is 23.0 Å². The van der Waals surface area contributed by atoms with Crippen LogP contribution >= 0.6 is 11.6 Å². The fourth-order valence-electron chi connectivity index (χ4n) is 1.62. The number of benzene rings is 1. The Morgan fingerprint density at radius 3 is 2.69 bits per heavy atom. The minimum absolute atomic E-state index is 0.0328. The Kier molecular flexibility index (Phi) is 2.75. The maximum atomic E-state index is 12.4. The van der Waals surface area contributed by atoms with Crippen LogP contribution in [-0.2, 0) is 0 Å². The van der Waals surface area contributed by atoms with E-state index in [1.54, 1.807) is 0 Å². The number of rotatable bonds is 0. The number of fused-ring (bicyclic) bond motifs is 1. The molecule has 0 saturated heterocycles. The van der Waals surface area contributed by atoms with Crippen molar-refractivity contribution in [2.24, 2.45) is 0 Å². The molecule has 2 rings (SSSR count). The number of hydrogen-bond donors (Lipinski definition) is 1. The summed E-state index contributed by atoms with van der Waals surface area (Å²) in [5.41, 5.74) is 0.299. The van der Waals surface area contributed by atoms with Gasteiger partial charge in [-0.25, -0.2) is 0 Å². The molecule has 0 spiro atoms. The maximum absolute atomic E-state index is 12.4. The first-order chi connectivity index (χ1) is 7.38. The van der Waals surface area contributed by atoms with E-state index >= 15 is 0 Å². The summed E-state index contributed by atoms with van der Waals surface area (Å²) in [6.07, 6.45) is -8.14. The van der Waals surface area contributed by atoms with Crippen LogP contribution in [0, 0.1) is 0 Å². The van der Waals surface area contributed by atoms with Gasteiger partial charge in [-0.1, -0.05) is 11.6 Å². The molecule has 0 amide bonds. The average molecular weight is 253 g/mol. The summed E-state index contributed by atoms with van der Waals surface area (Å²) in [4.78, 5) is 0. The number of ether oxygens (including phenoxy) is 1. The minimum Gasteiger partial charge on any atom is -0.480 e. The molecule has 88 valence electrons. The van der Waals surface area contributed by atoms with Crippen LogP contribution in [0.1, 0.15) is 18.1 Å². The Balaban J connectivity index is 2.34. The lowest BCUT2D eigenvalue weighted by Crippen LogP contribution is -2.38. The standard InChI is InChI=1S/C10H8ClF3O2/c11-5-1-2-8-6(3-5)7(15)4-9(16-8)10(12,13)14/h1-3,7,9,15H,4H2/t7-,9+/m0/s1. The molecule has 1 heterocycles. The molecule has 0 bridgehead atoms. The van der Waals surface area contributed by atoms with Gasteiger partial charge >= 0.3 is 6.18 Å². The molecule has 0 radical (unpaired) electrons. The summed E-state index contributed by atoms with van der Waals surface area (Å²) in [7, 11) is 0. The molecule has 0 aliphatic carbocycles. The Bertz CT molecular complexity index is 406. The Morgan fingerprint density at radius 1 is 1.38 bits per heavy atom. The molecule has 1 aromatic rings. The van der Waals surface area contributed by atoms with Gasteiger partial charge in [-0.05, 0) is 18.2 Å². The fourth-order valence-corrected chi connectivity index (χ4v) is 1.80. The van der Waals surface area contributed by atoms with Crippen LogP contribution in [0.3, 0.4) is 0 Å². The lowest BCUT2D eigenvalue weighted by molar-refractivity contribution is -0.207. The van der Waals surface area contributed by atoms with Crippen molar-refractivity contribution >= 4 is 11.6 Å². The third-order valence-corrected chi connectivity index (χ3v) is 2.64. The second-order valence-corrected chi connectivity index (χ2v) is 4.02. The monoisotopic (exact) mass is 252 g/mol. The topological polar surface area (TPSA) is 29.5 Å². The molecular formula is C10H8ClF3O2. The van der Waals surface area contributed by atoms with Gasteiger partial charge in [0.2, 0.25) is 0 Å². The zero-order valence-corrected chi connectivity index (χ0v) is 8.72. The van der Waals surface area contributed by atoms with Crippen LogP contribution < -0.4 is 4.74 Å². The van der Waals surface area contributed by atoms with E-state index in [0.717, 1.165) is 0 Å². The largest absolute Gasteiger partial charge is 0.480 e. The van der Waals surface area contributed by atoms with Crippen LogP contribution in [0.5, 0.6) is 5.75 Å². The highest BCUT2D eigenvalue weighted by atomic mass is 35.5. The smallest absolute Gasteiger partial charge is 0.425 e. The molecule has 1 aliphatic rings. The zero-order valence-electron chi connectivity index (χ0n) is 7.96. The first-order valence-corrected chi connectivity index (χ1v) is 4.96. The molecule has 6 heteroatoms. The SMILES string of the molecule is O[C@H]1C[C@H](C(F)(F)F)Oc2ccc(Cl)cc21. The van der Waals surface area contributed by atoms with Gasteiger partial charge in [0.15, 0.2) is 6.10 Å². The summed E-state index contributed by atoms with van der Waals surface area (Å²) < 4.78 is 42.1. The van der Waals surface area contributed by atoms with Crippen molar-refractivity contribution in [3.8, 4) is 5.75 Å². The van der Waals surface area contributed by atoms with E-state index in [1.807, 2.05) is 0 Å². The van der Waals surface area contributed by atoms with E-state index in [9.17, 15) is 18.3 Å². The van der Waals surface area contributed by atoms with Gasteiger partial charge in [0, 0.05) is 17.0 Å². The van der Waals surface area contributed by atoms with Crippen molar-refractivity contribution in [2.75, 3.05) is 0 Å². The summed E-state index contributed by atoms with van der Waals surface area (Å²) in [5, 5.41) is 9.93.